The maximum atomic E-state index is 5.39. The molecule has 0 saturated heterocycles. The molecule has 0 aromatic heterocycles. The predicted molar refractivity (Wildman–Crippen MR) is 63.6 cm³/mol. The van der Waals surface area contributed by atoms with Crippen molar-refractivity contribution in [3.05, 3.63) is 11.6 Å². The average Bonchev–Trinajstić information content (AvgIpc) is 2.15. The molecule has 0 heterocycles. The van der Waals surface area contributed by atoms with Crippen molar-refractivity contribution in [2.24, 2.45) is 5.92 Å². The van der Waals surface area contributed by atoms with Crippen LogP contribution in [0.15, 0.2) is 11.6 Å². The zero-order chi connectivity index (χ0) is 10.8. The molecule has 1 atom stereocenters. The molecule has 0 spiro atoms. The topological polar surface area (TPSA) is 9.23 Å². The van der Waals surface area contributed by atoms with Crippen molar-refractivity contribution in [2.45, 2.75) is 53.4 Å². The van der Waals surface area contributed by atoms with Crippen LogP contribution in [0.1, 0.15) is 53.4 Å². The minimum absolute atomic E-state index is 0.712. The first-order valence-electron chi connectivity index (χ1n) is 5.94. The van der Waals surface area contributed by atoms with Crippen LogP contribution < -0.4 is 0 Å². The third-order valence-electron chi connectivity index (χ3n) is 2.43. The number of rotatable bonds is 8. The first kappa shape index (κ1) is 13.7. The van der Waals surface area contributed by atoms with Crippen molar-refractivity contribution >= 4 is 0 Å². The van der Waals surface area contributed by atoms with E-state index in [-0.39, 0.29) is 0 Å². The lowest BCUT2D eigenvalue weighted by Crippen LogP contribution is -2.05. The van der Waals surface area contributed by atoms with Gasteiger partial charge < -0.3 is 4.74 Å². The van der Waals surface area contributed by atoms with Crippen LogP contribution in [0.5, 0.6) is 0 Å². The van der Waals surface area contributed by atoms with E-state index in [1.54, 1.807) is 0 Å². The summed E-state index contributed by atoms with van der Waals surface area (Å²) < 4.78 is 5.39. The van der Waals surface area contributed by atoms with Gasteiger partial charge in [0.1, 0.15) is 0 Å². The van der Waals surface area contributed by atoms with Crippen LogP contribution in [0.4, 0.5) is 0 Å². The average molecular weight is 198 g/mol. The Kier molecular flexibility index (Phi) is 9.06. The standard InChI is InChI=1S/C13H26O/c1-5-8-12(3)9-7-10-13(4)11-14-6-2/h8,13H,5-7,9-11H2,1-4H3. The van der Waals surface area contributed by atoms with Crippen molar-refractivity contribution in [3.8, 4) is 0 Å². The Morgan fingerprint density at radius 3 is 2.64 bits per heavy atom. The minimum atomic E-state index is 0.712. The summed E-state index contributed by atoms with van der Waals surface area (Å²) in [4.78, 5) is 0. The van der Waals surface area contributed by atoms with Crippen LogP contribution in [-0.4, -0.2) is 13.2 Å². The van der Waals surface area contributed by atoms with Crippen LogP contribution in [-0.2, 0) is 4.74 Å². The minimum Gasteiger partial charge on any atom is -0.381 e. The van der Waals surface area contributed by atoms with Crippen molar-refractivity contribution in [3.63, 3.8) is 0 Å². The molecule has 0 amide bonds. The molecule has 14 heavy (non-hydrogen) atoms. The molecule has 0 aliphatic carbocycles. The number of allylic oxidation sites excluding steroid dienone is 2. The summed E-state index contributed by atoms with van der Waals surface area (Å²) in [5.41, 5.74) is 1.54. The van der Waals surface area contributed by atoms with Crippen molar-refractivity contribution < 1.29 is 4.74 Å². The van der Waals surface area contributed by atoms with E-state index < -0.39 is 0 Å². The SMILES string of the molecule is CCC=C(C)CCCC(C)COCC. The molecular weight excluding hydrogens is 172 g/mol. The van der Waals surface area contributed by atoms with Gasteiger partial charge in [0, 0.05) is 13.2 Å². The number of ether oxygens (including phenoxy) is 1. The van der Waals surface area contributed by atoms with Crippen molar-refractivity contribution in [1.82, 2.24) is 0 Å². The smallest absolute Gasteiger partial charge is 0.0491 e. The molecule has 0 aromatic carbocycles. The van der Waals surface area contributed by atoms with Gasteiger partial charge in [-0.3, -0.25) is 0 Å². The summed E-state index contributed by atoms with van der Waals surface area (Å²) in [7, 11) is 0. The van der Waals surface area contributed by atoms with Gasteiger partial charge in [-0.2, -0.15) is 0 Å². The van der Waals surface area contributed by atoms with E-state index in [9.17, 15) is 0 Å². The molecule has 0 fully saturated rings. The van der Waals surface area contributed by atoms with E-state index in [1.807, 2.05) is 0 Å². The number of hydrogen-bond acceptors (Lipinski definition) is 1. The molecule has 84 valence electrons. The van der Waals surface area contributed by atoms with Gasteiger partial charge in [0.25, 0.3) is 0 Å². The van der Waals surface area contributed by atoms with Gasteiger partial charge in [-0.1, -0.05) is 25.5 Å². The van der Waals surface area contributed by atoms with Crippen molar-refractivity contribution in [2.75, 3.05) is 13.2 Å². The summed E-state index contributed by atoms with van der Waals surface area (Å²) in [6, 6.07) is 0. The van der Waals surface area contributed by atoms with Gasteiger partial charge in [-0.15, -0.1) is 0 Å². The maximum Gasteiger partial charge on any atom is 0.0491 e. The number of hydrogen-bond donors (Lipinski definition) is 0. The predicted octanol–water partition coefficient (Wildman–Crippen LogP) is 4.19. The highest BCUT2D eigenvalue weighted by Crippen LogP contribution is 2.12. The van der Waals surface area contributed by atoms with Gasteiger partial charge in [-0.05, 0) is 45.4 Å². The van der Waals surface area contributed by atoms with E-state index in [2.05, 4.69) is 33.8 Å². The summed E-state index contributed by atoms with van der Waals surface area (Å²) in [5, 5.41) is 0. The molecular formula is C13H26O. The second kappa shape index (κ2) is 9.26. The Morgan fingerprint density at radius 2 is 2.07 bits per heavy atom. The highest BCUT2D eigenvalue weighted by atomic mass is 16.5. The third kappa shape index (κ3) is 8.31. The molecule has 0 rings (SSSR count). The Bertz CT molecular complexity index is 149. The van der Waals surface area contributed by atoms with Crippen LogP contribution in [0, 0.1) is 5.92 Å². The highest BCUT2D eigenvalue weighted by molar-refractivity contribution is 4.96. The molecule has 0 aliphatic rings. The van der Waals surface area contributed by atoms with E-state index in [1.165, 1.54) is 31.3 Å². The zero-order valence-corrected chi connectivity index (χ0v) is 10.3. The third-order valence-corrected chi connectivity index (χ3v) is 2.43. The summed E-state index contributed by atoms with van der Waals surface area (Å²) in [5.74, 6) is 0.712. The summed E-state index contributed by atoms with van der Waals surface area (Å²) in [6.45, 7) is 10.5. The van der Waals surface area contributed by atoms with Gasteiger partial charge in [0.2, 0.25) is 0 Å². The molecule has 0 radical (unpaired) electrons. The lowest BCUT2D eigenvalue weighted by Gasteiger charge is -2.10. The van der Waals surface area contributed by atoms with Gasteiger partial charge in [0.15, 0.2) is 0 Å². The van der Waals surface area contributed by atoms with Gasteiger partial charge in [0.05, 0.1) is 0 Å². The highest BCUT2D eigenvalue weighted by Gasteiger charge is 2.01. The van der Waals surface area contributed by atoms with E-state index in [4.69, 9.17) is 4.74 Å². The quantitative estimate of drug-likeness (QED) is 0.531. The second-order valence-electron chi connectivity index (χ2n) is 4.12. The molecule has 0 N–H and O–H groups in total. The van der Waals surface area contributed by atoms with Crippen LogP contribution in [0.3, 0.4) is 0 Å². The lowest BCUT2D eigenvalue weighted by atomic mass is 10.0. The molecule has 0 aliphatic heterocycles. The van der Waals surface area contributed by atoms with Crippen molar-refractivity contribution in [1.29, 1.82) is 0 Å². The van der Waals surface area contributed by atoms with Crippen LogP contribution in [0.2, 0.25) is 0 Å². The molecule has 0 aromatic rings. The second-order valence-corrected chi connectivity index (χ2v) is 4.12. The zero-order valence-electron chi connectivity index (χ0n) is 10.3. The molecule has 1 nitrogen and oxygen atoms in total. The van der Waals surface area contributed by atoms with Gasteiger partial charge in [-0.25, -0.2) is 0 Å². The first-order valence-corrected chi connectivity index (χ1v) is 5.94. The van der Waals surface area contributed by atoms with E-state index in [0.717, 1.165) is 13.2 Å². The van der Waals surface area contributed by atoms with Gasteiger partial charge >= 0.3 is 0 Å². The molecule has 1 heteroatoms. The van der Waals surface area contributed by atoms with Crippen LogP contribution in [0.25, 0.3) is 0 Å². The summed E-state index contributed by atoms with van der Waals surface area (Å²) in [6.07, 6.45) is 7.34. The fourth-order valence-corrected chi connectivity index (χ4v) is 1.58. The first-order chi connectivity index (χ1) is 6.70. The Hall–Kier alpha value is -0.300. The normalized spacial score (nSPS) is 14.4. The van der Waals surface area contributed by atoms with Crippen LogP contribution >= 0.6 is 0 Å². The summed E-state index contributed by atoms with van der Waals surface area (Å²) >= 11 is 0. The molecule has 1 unspecified atom stereocenters. The molecule has 0 saturated carbocycles. The van der Waals surface area contributed by atoms with E-state index >= 15 is 0 Å². The maximum absolute atomic E-state index is 5.39. The van der Waals surface area contributed by atoms with E-state index in [0.29, 0.717) is 5.92 Å². The molecule has 0 bridgehead atoms. The fourth-order valence-electron chi connectivity index (χ4n) is 1.58. The lowest BCUT2D eigenvalue weighted by molar-refractivity contribution is 0.112. The monoisotopic (exact) mass is 198 g/mol. The largest absolute Gasteiger partial charge is 0.381 e. The fraction of sp³-hybridized carbons (Fsp3) is 0.846. The Labute approximate surface area is 89.5 Å². The Balaban J connectivity index is 3.39. The Morgan fingerprint density at radius 1 is 1.36 bits per heavy atom.